The van der Waals surface area contributed by atoms with E-state index in [4.69, 9.17) is 4.74 Å². The highest BCUT2D eigenvalue weighted by Gasteiger charge is 2.17. The zero-order valence-corrected chi connectivity index (χ0v) is 18.7. The van der Waals surface area contributed by atoms with Gasteiger partial charge in [0.25, 0.3) is 0 Å². The molecule has 0 spiro atoms. The van der Waals surface area contributed by atoms with E-state index in [1.807, 2.05) is 36.5 Å². The van der Waals surface area contributed by atoms with E-state index in [0.29, 0.717) is 5.56 Å². The third-order valence-electron chi connectivity index (χ3n) is 5.94. The van der Waals surface area contributed by atoms with E-state index in [2.05, 4.69) is 32.2 Å². The molecule has 168 valence electrons. The number of aromatic nitrogens is 1. The number of esters is 1. The van der Waals surface area contributed by atoms with Crippen molar-refractivity contribution in [3.63, 3.8) is 0 Å². The molecule has 1 aliphatic heterocycles. The molecule has 0 aliphatic carbocycles. The van der Waals surface area contributed by atoms with Gasteiger partial charge in [0.1, 0.15) is 0 Å². The summed E-state index contributed by atoms with van der Waals surface area (Å²) in [5, 5.41) is 3.96. The molecule has 3 aromatic rings. The molecule has 0 atom stereocenters. The van der Waals surface area contributed by atoms with E-state index in [9.17, 15) is 9.59 Å². The topological polar surface area (TPSA) is 77.7 Å². The van der Waals surface area contributed by atoms with Crippen LogP contribution in [-0.2, 0) is 22.6 Å². The van der Waals surface area contributed by atoms with Crippen molar-refractivity contribution in [2.45, 2.75) is 26.4 Å². The molecule has 7 heteroatoms. The quantitative estimate of drug-likeness (QED) is 0.580. The van der Waals surface area contributed by atoms with E-state index in [1.165, 1.54) is 25.2 Å². The fourth-order valence-electron chi connectivity index (χ4n) is 4.30. The van der Waals surface area contributed by atoms with Gasteiger partial charge >= 0.3 is 5.97 Å². The first kappa shape index (κ1) is 22.0. The van der Waals surface area contributed by atoms with Crippen LogP contribution < -0.4 is 5.32 Å². The van der Waals surface area contributed by atoms with Crippen LogP contribution in [0.5, 0.6) is 0 Å². The largest absolute Gasteiger partial charge is 0.465 e. The molecule has 0 bridgehead atoms. The minimum absolute atomic E-state index is 0.0514. The molecular weight excluding hydrogens is 404 g/mol. The highest BCUT2D eigenvalue weighted by atomic mass is 16.5. The molecule has 0 saturated carbocycles. The predicted octanol–water partition coefficient (Wildman–Crippen LogP) is 3.62. The Kier molecular flexibility index (Phi) is 6.87. The molecule has 0 radical (unpaired) electrons. The Bertz CT molecular complexity index is 1090. The Morgan fingerprint density at radius 3 is 2.41 bits per heavy atom. The van der Waals surface area contributed by atoms with Crippen LogP contribution in [-0.4, -0.2) is 59.9 Å². The second-order valence-corrected chi connectivity index (χ2v) is 8.35. The number of carbonyl (C=O) groups excluding carboxylic acids is 2. The Hall–Kier alpha value is -3.16. The summed E-state index contributed by atoms with van der Waals surface area (Å²) in [6.07, 6.45) is 3.17. The van der Waals surface area contributed by atoms with Crippen LogP contribution in [0.25, 0.3) is 10.9 Å². The molecule has 2 aromatic carbocycles. The summed E-state index contributed by atoms with van der Waals surface area (Å²) >= 11 is 0. The standard InChI is InChI=1S/C25H30N4O3/c1-18(30)27-22-7-4-19(5-8-22)16-28-10-3-11-29(13-12-28)17-21-15-26-24-14-20(25(31)32-2)6-9-23(21)24/h4-9,14-15,26H,3,10-13,16-17H2,1-2H3,(H,27,30). The van der Waals surface area contributed by atoms with Crippen molar-refractivity contribution >= 4 is 28.5 Å². The number of rotatable bonds is 6. The Labute approximate surface area is 188 Å². The van der Waals surface area contributed by atoms with E-state index in [0.717, 1.165) is 62.3 Å². The molecule has 7 nitrogen and oxygen atoms in total. The number of aromatic amines is 1. The molecule has 0 unspecified atom stereocenters. The van der Waals surface area contributed by atoms with E-state index < -0.39 is 0 Å². The van der Waals surface area contributed by atoms with Crippen LogP contribution in [0.2, 0.25) is 0 Å². The van der Waals surface area contributed by atoms with Gasteiger partial charge in [-0.25, -0.2) is 4.79 Å². The number of fused-ring (bicyclic) bond motifs is 1. The van der Waals surface area contributed by atoms with Crippen LogP contribution in [0.15, 0.2) is 48.7 Å². The monoisotopic (exact) mass is 434 g/mol. The van der Waals surface area contributed by atoms with Gasteiger partial charge in [0.15, 0.2) is 0 Å². The Balaban J connectivity index is 1.34. The maximum absolute atomic E-state index is 11.8. The van der Waals surface area contributed by atoms with Crippen LogP contribution >= 0.6 is 0 Å². The number of methoxy groups -OCH3 is 1. The normalized spacial score (nSPS) is 15.4. The van der Waals surface area contributed by atoms with Crippen LogP contribution in [0.1, 0.15) is 34.8 Å². The number of anilines is 1. The maximum Gasteiger partial charge on any atom is 0.337 e. The second kappa shape index (κ2) is 9.97. The fourth-order valence-corrected chi connectivity index (χ4v) is 4.30. The average molecular weight is 435 g/mol. The Morgan fingerprint density at radius 1 is 1.00 bits per heavy atom. The fraction of sp³-hybridized carbons (Fsp3) is 0.360. The van der Waals surface area contributed by atoms with Gasteiger partial charge in [-0.3, -0.25) is 14.6 Å². The number of amides is 1. The molecule has 1 fully saturated rings. The lowest BCUT2D eigenvalue weighted by molar-refractivity contribution is -0.114. The molecule has 4 rings (SSSR count). The summed E-state index contributed by atoms with van der Waals surface area (Å²) < 4.78 is 4.82. The van der Waals surface area contributed by atoms with Gasteiger partial charge in [-0.1, -0.05) is 18.2 Å². The zero-order valence-electron chi connectivity index (χ0n) is 18.7. The number of benzene rings is 2. The number of carbonyl (C=O) groups is 2. The number of nitrogens with zero attached hydrogens (tertiary/aromatic N) is 2. The van der Waals surface area contributed by atoms with Gasteiger partial charge < -0.3 is 15.0 Å². The van der Waals surface area contributed by atoms with Crippen molar-refractivity contribution in [2.75, 3.05) is 38.6 Å². The van der Waals surface area contributed by atoms with Gasteiger partial charge in [0.2, 0.25) is 5.91 Å². The van der Waals surface area contributed by atoms with Crippen molar-refractivity contribution < 1.29 is 14.3 Å². The molecular formula is C25H30N4O3. The van der Waals surface area contributed by atoms with E-state index >= 15 is 0 Å². The van der Waals surface area contributed by atoms with E-state index in [-0.39, 0.29) is 11.9 Å². The minimum Gasteiger partial charge on any atom is -0.465 e. The first-order chi connectivity index (χ1) is 15.5. The molecule has 1 aliphatic rings. The van der Waals surface area contributed by atoms with Crippen molar-refractivity contribution in [3.05, 3.63) is 65.4 Å². The van der Waals surface area contributed by atoms with Crippen LogP contribution in [0.4, 0.5) is 5.69 Å². The summed E-state index contributed by atoms with van der Waals surface area (Å²) in [4.78, 5) is 31.2. The number of hydrogen-bond acceptors (Lipinski definition) is 5. The molecule has 2 N–H and O–H groups in total. The minimum atomic E-state index is -0.319. The third-order valence-corrected chi connectivity index (χ3v) is 5.94. The van der Waals surface area contributed by atoms with Crippen molar-refractivity contribution in [3.8, 4) is 0 Å². The third kappa shape index (κ3) is 5.36. The lowest BCUT2D eigenvalue weighted by atomic mass is 10.1. The highest BCUT2D eigenvalue weighted by Crippen LogP contribution is 2.22. The first-order valence-electron chi connectivity index (χ1n) is 11.0. The summed E-state index contributed by atoms with van der Waals surface area (Å²) in [6.45, 7) is 7.48. The highest BCUT2D eigenvalue weighted by molar-refractivity contribution is 5.95. The number of nitrogens with one attached hydrogen (secondary N) is 2. The van der Waals surface area contributed by atoms with Gasteiger partial charge in [0, 0.05) is 55.9 Å². The van der Waals surface area contributed by atoms with Crippen molar-refractivity contribution in [2.24, 2.45) is 0 Å². The smallest absolute Gasteiger partial charge is 0.337 e. The van der Waals surface area contributed by atoms with Crippen molar-refractivity contribution in [1.82, 2.24) is 14.8 Å². The van der Waals surface area contributed by atoms with Gasteiger partial charge in [0.05, 0.1) is 12.7 Å². The molecule has 1 aromatic heterocycles. The molecule has 1 saturated heterocycles. The summed E-state index contributed by atoms with van der Waals surface area (Å²) in [5.74, 6) is -0.370. The maximum atomic E-state index is 11.8. The van der Waals surface area contributed by atoms with Crippen LogP contribution in [0.3, 0.4) is 0 Å². The van der Waals surface area contributed by atoms with Crippen molar-refractivity contribution in [1.29, 1.82) is 0 Å². The van der Waals surface area contributed by atoms with Gasteiger partial charge in [-0.05, 0) is 54.9 Å². The number of H-pyrrole nitrogens is 1. The lowest BCUT2D eigenvalue weighted by Crippen LogP contribution is -2.30. The lowest BCUT2D eigenvalue weighted by Gasteiger charge is -2.22. The average Bonchev–Trinajstić information content (AvgIpc) is 3.05. The predicted molar refractivity (Wildman–Crippen MR) is 126 cm³/mol. The Morgan fingerprint density at radius 2 is 1.72 bits per heavy atom. The van der Waals surface area contributed by atoms with E-state index in [1.54, 1.807) is 0 Å². The second-order valence-electron chi connectivity index (χ2n) is 8.35. The van der Waals surface area contributed by atoms with Gasteiger partial charge in [-0.15, -0.1) is 0 Å². The van der Waals surface area contributed by atoms with Crippen LogP contribution in [0, 0.1) is 0 Å². The first-order valence-corrected chi connectivity index (χ1v) is 11.0. The van der Waals surface area contributed by atoms with Gasteiger partial charge in [-0.2, -0.15) is 0 Å². The molecule has 2 heterocycles. The zero-order chi connectivity index (χ0) is 22.5. The summed E-state index contributed by atoms with van der Waals surface area (Å²) in [5.41, 5.74) is 4.86. The number of ether oxygens (including phenoxy) is 1. The SMILES string of the molecule is COC(=O)c1ccc2c(CN3CCCN(Cc4ccc(NC(C)=O)cc4)CC3)c[nH]c2c1. The molecule has 1 amide bonds. The molecule has 32 heavy (non-hydrogen) atoms. The summed E-state index contributed by atoms with van der Waals surface area (Å²) in [6, 6.07) is 13.8. The summed E-state index contributed by atoms with van der Waals surface area (Å²) in [7, 11) is 1.40. The number of hydrogen-bond donors (Lipinski definition) is 2.